The van der Waals surface area contributed by atoms with E-state index in [1.807, 2.05) is 6.92 Å². The molecule has 0 saturated heterocycles. The van der Waals surface area contributed by atoms with Crippen molar-refractivity contribution in [3.63, 3.8) is 0 Å². The zero-order valence-electron chi connectivity index (χ0n) is 39.2. The number of hydrogen-bond acceptors (Lipinski definition) is 13. The molecule has 0 radical (unpaired) electrons. The minimum Gasteiger partial charge on any atom is -0.477 e. The largest absolute Gasteiger partial charge is 0.573 e. The van der Waals surface area contributed by atoms with E-state index in [4.69, 9.17) is 43.5 Å². The lowest BCUT2D eigenvalue weighted by atomic mass is 10.1. The average molecular weight is 1200 g/mol. The molecule has 15 nitrogen and oxygen atoms in total. The molecule has 2 aromatic heterocycles. The Morgan fingerprint density at radius 1 is 0.550 bits per heavy atom. The molecular formula is C47H32Cl2F16N4O11. The molecule has 0 fully saturated rings. The first-order valence-corrected chi connectivity index (χ1v) is 21.2. The quantitative estimate of drug-likeness (QED) is 0.0815. The van der Waals surface area contributed by atoms with Crippen LogP contribution in [-0.2, 0) is 21.8 Å². The highest BCUT2D eigenvalue weighted by atomic mass is 35.5. The molecule has 0 spiro atoms. The van der Waals surface area contributed by atoms with E-state index in [9.17, 15) is 85.0 Å². The van der Waals surface area contributed by atoms with E-state index in [0.717, 1.165) is 24.9 Å². The van der Waals surface area contributed by atoms with Crippen LogP contribution in [0.2, 0.25) is 10.0 Å². The van der Waals surface area contributed by atoms with Gasteiger partial charge in [-0.15, -0.1) is 26.3 Å². The third kappa shape index (κ3) is 16.8. The van der Waals surface area contributed by atoms with Crippen molar-refractivity contribution < 1.29 is 123 Å². The van der Waals surface area contributed by atoms with Crippen LogP contribution in [0.25, 0.3) is 0 Å². The number of methoxy groups -OCH3 is 2. The van der Waals surface area contributed by atoms with Gasteiger partial charge in [-0.1, -0.05) is 30.6 Å². The van der Waals surface area contributed by atoms with E-state index in [2.05, 4.69) is 34.2 Å². The number of halogens is 18. The Hall–Kier alpha value is -8.48. The standard InChI is InChI=1S/C23H13ClF8N2O5.C15H5ClF8O4.C8H10N2O2.CH4/c1-9-8-33-12(21(36)37-2)7-11(9)34-20(35)16-13(4-3-10(18(16)25)22(27,28)29)38-14-5-6-15(19(26)17(14)24)39-23(30,31)32;16-10-7(3-4-8(12(10)18)28-15(22,23)24)27-6-2-1-5(14(19,20)21)11(17)9(6)13(25)26;1-5-4-10-7(3-6(5)9)8(11)12-2;/h3-8H,1-2H3,(H,33,34,35);1-4H,(H,25,26);3-4H,1-2H3,(H2,9,10);1H4. The van der Waals surface area contributed by atoms with Crippen LogP contribution < -0.4 is 30.0 Å². The normalized spacial score (nSPS) is 11.3. The van der Waals surface area contributed by atoms with Gasteiger partial charge in [0.2, 0.25) is 0 Å². The predicted octanol–water partition coefficient (Wildman–Crippen LogP) is 14.5. The Kier molecular flexibility index (Phi) is 21.4. The van der Waals surface area contributed by atoms with Crippen molar-refractivity contribution in [2.45, 2.75) is 46.4 Å². The van der Waals surface area contributed by atoms with Crippen LogP contribution in [0.4, 0.5) is 81.6 Å². The maximum Gasteiger partial charge on any atom is 0.573 e. The Bertz CT molecular complexity index is 3310. The smallest absolute Gasteiger partial charge is 0.477 e. The number of nitrogen functional groups attached to an aromatic ring is 1. The number of amides is 1. The van der Waals surface area contributed by atoms with Crippen LogP contribution in [0.5, 0.6) is 34.5 Å². The molecule has 0 saturated carbocycles. The van der Waals surface area contributed by atoms with Crippen molar-refractivity contribution in [3.8, 4) is 34.5 Å². The molecule has 0 bridgehead atoms. The van der Waals surface area contributed by atoms with Crippen molar-refractivity contribution in [1.29, 1.82) is 0 Å². The zero-order valence-corrected chi connectivity index (χ0v) is 40.7. The number of hydrogen-bond donors (Lipinski definition) is 3. The summed E-state index contributed by atoms with van der Waals surface area (Å²) >= 11 is 11.2. The number of nitrogens with two attached hydrogens (primary N) is 1. The Morgan fingerprint density at radius 3 is 1.29 bits per heavy atom. The molecule has 0 atom stereocenters. The molecule has 6 rings (SSSR count). The lowest BCUT2D eigenvalue weighted by molar-refractivity contribution is -0.276. The number of aryl methyl sites for hydroxylation is 2. The summed E-state index contributed by atoms with van der Waals surface area (Å²) in [6, 6.07) is 6.00. The van der Waals surface area contributed by atoms with Crippen LogP contribution in [0, 0.1) is 37.1 Å². The van der Waals surface area contributed by atoms with Gasteiger partial charge in [0.1, 0.15) is 55.6 Å². The van der Waals surface area contributed by atoms with Crippen molar-refractivity contribution in [2.24, 2.45) is 0 Å². The van der Waals surface area contributed by atoms with Crippen LogP contribution >= 0.6 is 23.2 Å². The molecule has 80 heavy (non-hydrogen) atoms. The minimum absolute atomic E-state index is 0. The first-order valence-electron chi connectivity index (χ1n) is 20.4. The van der Waals surface area contributed by atoms with Gasteiger partial charge in [-0.25, -0.2) is 41.9 Å². The predicted molar refractivity (Wildman–Crippen MR) is 246 cm³/mol. The number of nitrogens with zero attached hydrogens (tertiary/aromatic N) is 2. The molecule has 0 aliphatic carbocycles. The third-order valence-corrected chi connectivity index (χ3v) is 10.2. The van der Waals surface area contributed by atoms with Gasteiger partial charge in [-0.05, 0) is 85.6 Å². The van der Waals surface area contributed by atoms with Crippen LogP contribution in [0.3, 0.4) is 0 Å². The number of anilines is 2. The summed E-state index contributed by atoms with van der Waals surface area (Å²) in [6.45, 7) is 3.22. The van der Waals surface area contributed by atoms with Gasteiger partial charge in [0.15, 0.2) is 34.8 Å². The molecule has 432 valence electrons. The molecule has 0 unspecified atom stereocenters. The number of rotatable bonds is 11. The lowest BCUT2D eigenvalue weighted by Gasteiger charge is -2.18. The fourth-order valence-electron chi connectivity index (χ4n) is 5.78. The van der Waals surface area contributed by atoms with Gasteiger partial charge in [-0.2, -0.15) is 26.3 Å². The van der Waals surface area contributed by atoms with Gasteiger partial charge in [0, 0.05) is 23.8 Å². The number of carbonyl (C=O) groups is 4. The monoisotopic (exact) mass is 1200 g/mol. The number of carboxylic acids is 1. The lowest BCUT2D eigenvalue weighted by Crippen LogP contribution is -2.20. The first kappa shape index (κ1) is 65.8. The van der Waals surface area contributed by atoms with Gasteiger partial charge < -0.3 is 44.6 Å². The minimum atomic E-state index is -5.28. The van der Waals surface area contributed by atoms with Crippen molar-refractivity contribution in [1.82, 2.24) is 9.97 Å². The number of benzene rings is 4. The summed E-state index contributed by atoms with van der Waals surface area (Å²) in [4.78, 5) is 54.4. The number of aromatic nitrogens is 2. The van der Waals surface area contributed by atoms with Gasteiger partial charge in [-0.3, -0.25) is 4.79 Å². The molecule has 33 heteroatoms. The van der Waals surface area contributed by atoms with Crippen molar-refractivity contribution in [3.05, 3.63) is 151 Å². The van der Waals surface area contributed by atoms with Crippen molar-refractivity contribution >= 4 is 58.4 Å². The van der Waals surface area contributed by atoms with E-state index in [-0.39, 0.29) is 42.2 Å². The fraction of sp³-hybridized carbons (Fsp3) is 0.191. The summed E-state index contributed by atoms with van der Waals surface area (Å²) in [5, 5.41) is 8.87. The Balaban J connectivity index is 0.000000356. The number of alkyl halides is 12. The summed E-state index contributed by atoms with van der Waals surface area (Å²) in [5.74, 6) is -19.0. The van der Waals surface area contributed by atoms with E-state index in [0.29, 0.717) is 42.1 Å². The molecular weight excluding hydrogens is 1170 g/mol. The van der Waals surface area contributed by atoms with E-state index < -0.39 is 139 Å². The molecule has 0 aliphatic heterocycles. The van der Waals surface area contributed by atoms with Gasteiger partial charge >= 0.3 is 43.0 Å². The second-order valence-corrected chi connectivity index (χ2v) is 15.6. The Morgan fingerprint density at radius 2 is 0.912 bits per heavy atom. The average Bonchev–Trinajstić information content (AvgIpc) is 3.33. The maximum atomic E-state index is 15.1. The van der Waals surface area contributed by atoms with E-state index >= 15 is 4.39 Å². The maximum absolute atomic E-state index is 15.1. The van der Waals surface area contributed by atoms with Gasteiger partial charge in [0.05, 0.1) is 25.3 Å². The highest BCUT2D eigenvalue weighted by Gasteiger charge is 2.40. The van der Waals surface area contributed by atoms with Crippen LogP contribution in [0.15, 0.2) is 73.1 Å². The van der Waals surface area contributed by atoms with E-state index in [1.165, 1.54) is 20.1 Å². The second kappa shape index (κ2) is 26.0. The number of nitrogens with one attached hydrogen (secondary N) is 1. The first-order chi connectivity index (χ1) is 36.4. The topological polar surface area (TPSA) is 208 Å². The van der Waals surface area contributed by atoms with Crippen molar-refractivity contribution in [2.75, 3.05) is 25.3 Å². The number of aromatic carboxylic acids is 1. The second-order valence-electron chi connectivity index (χ2n) is 14.8. The number of carboxylic acid groups (broad SMARTS) is 1. The summed E-state index contributed by atoms with van der Waals surface area (Å²) < 4.78 is 235. The summed E-state index contributed by atoms with van der Waals surface area (Å²) in [7, 11) is 2.35. The molecule has 6 aromatic rings. The number of esters is 2. The van der Waals surface area contributed by atoms with Crippen LogP contribution in [0.1, 0.15) is 71.4 Å². The Labute approximate surface area is 447 Å². The van der Waals surface area contributed by atoms with Gasteiger partial charge in [0.25, 0.3) is 5.91 Å². The SMILES string of the molecule is C.COC(=O)c1cc(N)c(C)cn1.COC(=O)c1cc(NC(=O)c2c(Oc3ccc(OC(F)(F)F)c(F)c3Cl)ccc(C(F)(F)F)c2F)c(C)cn1.O=C(O)c1c(Oc2ccc(OC(F)(F)F)c(F)c2Cl)ccc(C(F)(F)F)c1F. The molecule has 2 heterocycles. The highest BCUT2D eigenvalue weighted by molar-refractivity contribution is 6.32. The van der Waals surface area contributed by atoms with E-state index in [1.54, 1.807) is 6.20 Å². The van der Waals surface area contributed by atoms with Crippen LogP contribution in [-0.4, -0.2) is 65.8 Å². The number of pyridine rings is 2. The molecule has 0 aliphatic rings. The summed E-state index contributed by atoms with van der Waals surface area (Å²) in [5.41, 5.74) is 0.296. The molecule has 4 N–H and O–H groups in total. The highest BCUT2D eigenvalue weighted by Crippen LogP contribution is 2.44. The third-order valence-electron chi connectivity index (χ3n) is 9.46. The fourth-order valence-corrected chi connectivity index (χ4v) is 6.17. The number of carbonyl (C=O) groups excluding carboxylic acids is 3. The zero-order chi connectivity index (χ0) is 59.9. The number of ether oxygens (including phenoxy) is 6. The molecule has 1 amide bonds. The molecule has 4 aromatic carbocycles. The summed E-state index contributed by atoms with van der Waals surface area (Å²) in [6.07, 6.45) is -18.3.